The third kappa shape index (κ3) is 5.18. The highest BCUT2D eigenvalue weighted by Crippen LogP contribution is 2.55. The van der Waals surface area contributed by atoms with E-state index >= 15 is 0 Å². The van der Waals surface area contributed by atoms with Crippen molar-refractivity contribution in [3.8, 4) is 43.4 Å². The molecule has 0 aliphatic carbocycles. The molecule has 64 heavy (non-hydrogen) atoms. The summed E-state index contributed by atoms with van der Waals surface area (Å²) in [4.78, 5) is 2.62. The summed E-state index contributed by atoms with van der Waals surface area (Å²) in [6.45, 7) is 0. The third-order valence-electron chi connectivity index (χ3n) is 13.4. The van der Waals surface area contributed by atoms with Crippen molar-refractivity contribution in [2.45, 2.75) is 0 Å². The summed E-state index contributed by atoms with van der Waals surface area (Å²) >= 11 is 3.85. The molecule has 0 radical (unpaired) electrons. The van der Waals surface area contributed by atoms with Crippen molar-refractivity contribution in [3.05, 3.63) is 218 Å². The van der Waals surface area contributed by atoms with Crippen molar-refractivity contribution >= 4 is 108 Å². The number of hydrogen-bond acceptors (Lipinski definition) is 2. The molecule has 14 aromatic rings. The van der Waals surface area contributed by atoms with Gasteiger partial charge in [0.25, 0.3) is 0 Å². The minimum Gasteiger partial charge on any atom is -0.309 e. The van der Waals surface area contributed by atoms with Gasteiger partial charge in [-0.1, -0.05) is 158 Å². The van der Waals surface area contributed by atoms with Crippen LogP contribution >= 0.6 is 22.7 Å². The van der Waals surface area contributed by atoms with E-state index in [9.17, 15) is 0 Å². The summed E-state index contributed by atoms with van der Waals surface area (Å²) in [5, 5.41) is 12.8. The molecular formula is C60H36N2S2. The lowest BCUT2D eigenvalue weighted by Gasteiger charge is -2.13. The number of nitrogens with zero attached hydrogens (tertiary/aromatic N) is 2. The Bertz CT molecular complexity index is 3800. The van der Waals surface area contributed by atoms with E-state index in [1.54, 1.807) is 0 Å². The van der Waals surface area contributed by atoms with Crippen molar-refractivity contribution in [1.82, 2.24) is 9.13 Å². The van der Waals surface area contributed by atoms with E-state index in [0.29, 0.717) is 0 Å². The normalized spacial score (nSPS) is 12.1. The Labute approximate surface area is 376 Å². The predicted octanol–water partition coefficient (Wildman–Crippen LogP) is 17.6. The van der Waals surface area contributed by atoms with Crippen LogP contribution in [0.15, 0.2) is 218 Å². The summed E-state index contributed by atoms with van der Waals surface area (Å²) in [5.41, 5.74) is 12.2. The first-order chi connectivity index (χ1) is 31.8. The van der Waals surface area contributed by atoms with Crippen molar-refractivity contribution in [1.29, 1.82) is 0 Å². The Morgan fingerprint density at radius 3 is 0.938 bits per heavy atom. The largest absolute Gasteiger partial charge is 0.309 e. The topological polar surface area (TPSA) is 9.86 Å². The van der Waals surface area contributed by atoms with E-state index in [4.69, 9.17) is 0 Å². The molecule has 0 aliphatic heterocycles. The molecule has 4 heteroatoms. The van der Waals surface area contributed by atoms with Gasteiger partial charge in [0.1, 0.15) is 0 Å². The van der Waals surface area contributed by atoms with Gasteiger partial charge in [-0.3, -0.25) is 0 Å². The van der Waals surface area contributed by atoms with Crippen LogP contribution in [0.3, 0.4) is 0 Å². The summed E-state index contributed by atoms with van der Waals surface area (Å²) in [6, 6.07) is 80.8. The zero-order valence-corrected chi connectivity index (χ0v) is 36.1. The number of rotatable bonds is 5. The summed E-state index contributed by atoms with van der Waals surface area (Å²) in [7, 11) is 0. The van der Waals surface area contributed by atoms with Gasteiger partial charge in [0.2, 0.25) is 0 Å². The molecule has 0 spiro atoms. The van der Waals surface area contributed by atoms with Gasteiger partial charge in [-0.05, 0) is 93.3 Å². The van der Waals surface area contributed by atoms with Gasteiger partial charge in [-0.2, -0.15) is 0 Å². The fraction of sp³-hybridized carbons (Fsp3) is 0. The highest BCUT2D eigenvalue weighted by molar-refractivity contribution is 7.29. The second kappa shape index (κ2) is 13.9. The standard InChI is InChI=1S/C60H36N2S2/c1-3-15-43-37(13-1)29-35-53-57(43)55(39-25-31-41(32-26-39)61-49-21-9-5-17-45(49)46-18-6-10-22-50(46)61)59(63-53)60-56(58-44-16-4-2-14-38(44)30-36-54(58)64-60)40-27-33-42(34-28-40)62-51-23-11-7-19-47(51)48-20-8-12-24-52(48)62/h1-36H. The van der Waals surface area contributed by atoms with Gasteiger partial charge in [0, 0.05) is 64.2 Å². The Kier molecular flexibility index (Phi) is 7.76. The van der Waals surface area contributed by atoms with Crippen LogP contribution in [-0.2, 0) is 0 Å². The lowest BCUT2D eigenvalue weighted by atomic mass is 9.93. The van der Waals surface area contributed by atoms with Crippen LogP contribution in [-0.4, -0.2) is 9.13 Å². The van der Waals surface area contributed by atoms with E-state index in [2.05, 4.69) is 228 Å². The van der Waals surface area contributed by atoms with E-state index in [-0.39, 0.29) is 0 Å². The Morgan fingerprint density at radius 1 is 0.266 bits per heavy atom. The number of para-hydroxylation sites is 4. The Balaban J connectivity index is 1.02. The first-order valence-electron chi connectivity index (χ1n) is 21.8. The molecule has 2 nitrogen and oxygen atoms in total. The zero-order valence-electron chi connectivity index (χ0n) is 34.5. The predicted molar refractivity (Wildman–Crippen MR) is 277 cm³/mol. The molecule has 0 saturated carbocycles. The van der Waals surface area contributed by atoms with Crippen LogP contribution in [0.5, 0.6) is 0 Å². The maximum absolute atomic E-state index is 2.41. The monoisotopic (exact) mass is 848 g/mol. The summed E-state index contributed by atoms with van der Waals surface area (Å²) in [5.74, 6) is 0. The van der Waals surface area contributed by atoms with Crippen molar-refractivity contribution < 1.29 is 0 Å². The third-order valence-corrected chi connectivity index (χ3v) is 15.8. The number of thiophene rings is 2. The molecule has 4 heterocycles. The van der Waals surface area contributed by atoms with Gasteiger partial charge < -0.3 is 9.13 Å². The molecule has 4 aromatic heterocycles. The van der Waals surface area contributed by atoms with Crippen molar-refractivity contribution in [2.24, 2.45) is 0 Å². The van der Waals surface area contributed by atoms with E-state index < -0.39 is 0 Å². The highest BCUT2D eigenvalue weighted by atomic mass is 32.1. The summed E-state index contributed by atoms with van der Waals surface area (Å²) in [6.07, 6.45) is 0. The SMILES string of the molecule is c1ccc2c(c1)ccc1sc(-c3sc4ccc5ccccc5c4c3-c3ccc(-n4c5ccccc5c5ccccc54)cc3)c(-c3ccc(-n4c5ccccc5c5ccccc54)cc3)c12. The number of hydrogen-bond donors (Lipinski definition) is 0. The first-order valence-corrected chi connectivity index (χ1v) is 23.5. The second-order valence-corrected chi connectivity index (χ2v) is 18.9. The van der Waals surface area contributed by atoms with Crippen molar-refractivity contribution in [3.63, 3.8) is 0 Å². The van der Waals surface area contributed by atoms with Crippen LogP contribution in [0.4, 0.5) is 0 Å². The molecule has 0 bridgehead atoms. The molecule has 0 N–H and O–H groups in total. The second-order valence-electron chi connectivity index (χ2n) is 16.8. The average Bonchev–Trinajstić information content (AvgIpc) is 4.12. The fourth-order valence-electron chi connectivity index (χ4n) is 10.6. The van der Waals surface area contributed by atoms with Crippen LogP contribution in [0.25, 0.3) is 129 Å². The van der Waals surface area contributed by atoms with Crippen LogP contribution in [0.1, 0.15) is 0 Å². The molecule has 0 saturated heterocycles. The molecule has 298 valence electrons. The Hall–Kier alpha value is -7.76. The lowest BCUT2D eigenvalue weighted by molar-refractivity contribution is 1.18. The maximum Gasteiger partial charge on any atom is 0.0541 e. The zero-order chi connectivity index (χ0) is 41.9. The minimum atomic E-state index is 1.16. The molecule has 0 atom stereocenters. The van der Waals surface area contributed by atoms with E-state index in [1.807, 2.05) is 22.7 Å². The van der Waals surface area contributed by atoms with Crippen LogP contribution in [0, 0.1) is 0 Å². The molecule has 14 rings (SSSR count). The smallest absolute Gasteiger partial charge is 0.0541 e. The quantitative estimate of drug-likeness (QED) is 0.163. The Morgan fingerprint density at radius 2 is 0.578 bits per heavy atom. The maximum atomic E-state index is 2.41. The van der Waals surface area contributed by atoms with Crippen LogP contribution in [0.2, 0.25) is 0 Å². The average molecular weight is 849 g/mol. The van der Waals surface area contributed by atoms with E-state index in [0.717, 1.165) is 11.4 Å². The fourth-order valence-corrected chi connectivity index (χ4v) is 13.2. The molecule has 0 fully saturated rings. The molecule has 0 amide bonds. The van der Waals surface area contributed by atoms with Gasteiger partial charge in [0.15, 0.2) is 0 Å². The molecule has 10 aromatic carbocycles. The molecular weight excluding hydrogens is 813 g/mol. The van der Waals surface area contributed by atoms with Gasteiger partial charge in [-0.15, -0.1) is 22.7 Å². The lowest BCUT2D eigenvalue weighted by Crippen LogP contribution is -1.94. The molecule has 0 unspecified atom stereocenters. The van der Waals surface area contributed by atoms with Gasteiger partial charge in [-0.25, -0.2) is 0 Å². The summed E-state index contributed by atoms with van der Waals surface area (Å²) < 4.78 is 7.42. The minimum absolute atomic E-state index is 1.16. The highest BCUT2D eigenvalue weighted by Gasteiger charge is 2.25. The number of benzene rings is 10. The van der Waals surface area contributed by atoms with Crippen molar-refractivity contribution in [2.75, 3.05) is 0 Å². The number of aromatic nitrogens is 2. The van der Waals surface area contributed by atoms with Gasteiger partial charge in [0.05, 0.1) is 31.8 Å². The van der Waals surface area contributed by atoms with E-state index in [1.165, 1.54) is 117 Å². The van der Waals surface area contributed by atoms with Gasteiger partial charge >= 0.3 is 0 Å². The first kappa shape index (κ1) is 35.8. The molecule has 0 aliphatic rings. The number of fused-ring (bicyclic) bond motifs is 12. The van der Waals surface area contributed by atoms with Crippen LogP contribution < -0.4 is 0 Å².